The van der Waals surface area contributed by atoms with E-state index in [1.807, 2.05) is 59.2 Å². The van der Waals surface area contributed by atoms with Gasteiger partial charge < -0.3 is 25.3 Å². The Bertz CT molecular complexity index is 1280. The molecule has 0 aliphatic carbocycles. The summed E-state index contributed by atoms with van der Waals surface area (Å²) in [5, 5.41) is 8.24. The van der Waals surface area contributed by atoms with Gasteiger partial charge in [-0.05, 0) is 48.5 Å². The van der Waals surface area contributed by atoms with E-state index in [0.29, 0.717) is 23.7 Å². The minimum Gasteiger partial charge on any atom is -0.486 e. The van der Waals surface area contributed by atoms with Crippen LogP contribution in [0.2, 0.25) is 0 Å². The third kappa shape index (κ3) is 5.80. The first-order valence-electron chi connectivity index (χ1n) is 10.8. The lowest BCUT2D eigenvalue weighted by molar-refractivity contribution is -0.116. The van der Waals surface area contributed by atoms with Crippen molar-refractivity contribution in [1.29, 1.82) is 0 Å². The first-order chi connectivity index (χ1) is 16.6. The number of fused-ring (bicyclic) bond motifs is 1. The van der Waals surface area contributed by atoms with E-state index in [4.69, 9.17) is 4.74 Å². The molecule has 1 heterocycles. The van der Waals surface area contributed by atoms with Crippen LogP contribution in [0, 0.1) is 0 Å². The Balaban J connectivity index is 1.43. The summed E-state index contributed by atoms with van der Waals surface area (Å²) in [6.45, 7) is 4.25. The van der Waals surface area contributed by atoms with Crippen molar-refractivity contribution in [3.63, 3.8) is 0 Å². The first kappa shape index (κ1) is 22.6. The number of para-hydroxylation sites is 3. The molecule has 3 N–H and O–H groups in total. The predicted octanol–water partition coefficient (Wildman–Crippen LogP) is 4.56. The minimum atomic E-state index is -0.325. The summed E-state index contributed by atoms with van der Waals surface area (Å²) in [4.78, 5) is 29.2. The van der Waals surface area contributed by atoms with E-state index < -0.39 is 0 Å². The Labute approximate surface area is 197 Å². The second-order valence-electron chi connectivity index (χ2n) is 7.45. The van der Waals surface area contributed by atoms with Gasteiger partial charge in [-0.2, -0.15) is 0 Å². The van der Waals surface area contributed by atoms with Gasteiger partial charge >= 0.3 is 6.03 Å². The van der Waals surface area contributed by atoms with Crippen LogP contribution >= 0.6 is 0 Å². The zero-order valence-corrected chi connectivity index (χ0v) is 18.5. The molecule has 3 amide bonds. The summed E-state index contributed by atoms with van der Waals surface area (Å²) < 4.78 is 7.73. The zero-order chi connectivity index (χ0) is 23.8. The summed E-state index contributed by atoms with van der Waals surface area (Å²) in [5.41, 5.74) is 2.88. The van der Waals surface area contributed by atoms with E-state index >= 15 is 0 Å². The van der Waals surface area contributed by atoms with Crippen LogP contribution < -0.4 is 20.7 Å². The van der Waals surface area contributed by atoms with Crippen LogP contribution in [0.3, 0.4) is 0 Å². The number of anilines is 2. The Morgan fingerprint density at radius 3 is 2.32 bits per heavy atom. The summed E-state index contributed by atoms with van der Waals surface area (Å²) in [7, 11) is 0. The summed E-state index contributed by atoms with van der Waals surface area (Å²) in [6, 6.07) is 23.7. The van der Waals surface area contributed by atoms with Gasteiger partial charge in [0.15, 0.2) is 0 Å². The molecular weight excluding hydrogens is 430 g/mol. The quantitative estimate of drug-likeness (QED) is 0.322. The van der Waals surface area contributed by atoms with Gasteiger partial charge in [-0.15, -0.1) is 6.58 Å². The molecule has 34 heavy (non-hydrogen) atoms. The van der Waals surface area contributed by atoms with Crippen molar-refractivity contribution in [1.82, 2.24) is 14.9 Å². The van der Waals surface area contributed by atoms with Crippen molar-refractivity contribution >= 4 is 34.3 Å². The fourth-order valence-corrected chi connectivity index (χ4v) is 3.40. The SMILES string of the molecule is C=CCNC(=O)Nc1ccc(NC(=O)Cn2c(COc3ccccc3)nc3ccccc32)cc1. The van der Waals surface area contributed by atoms with E-state index in [1.165, 1.54) is 0 Å². The number of nitrogens with zero attached hydrogens (tertiary/aromatic N) is 2. The third-order valence-electron chi connectivity index (χ3n) is 4.98. The van der Waals surface area contributed by atoms with Gasteiger partial charge in [0.2, 0.25) is 5.91 Å². The largest absolute Gasteiger partial charge is 0.486 e. The second-order valence-corrected chi connectivity index (χ2v) is 7.45. The number of aromatic nitrogens is 2. The van der Waals surface area contributed by atoms with E-state index in [0.717, 1.165) is 16.8 Å². The Morgan fingerprint density at radius 2 is 1.59 bits per heavy atom. The van der Waals surface area contributed by atoms with Crippen LogP contribution in [0.1, 0.15) is 5.82 Å². The highest BCUT2D eigenvalue weighted by Crippen LogP contribution is 2.19. The number of nitrogens with one attached hydrogen (secondary N) is 3. The molecule has 3 aromatic carbocycles. The molecule has 0 atom stereocenters. The molecule has 0 unspecified atom stereocenters. The average Bonchev–Trinajstić information content (AvgIpc) is 3.20. The Kier molecular flexibility index (Phi) is 7.19. The monoisotopic (exact) mass is 455 g/mol. The lowest BCUT2D eigenvalue weighted by Crippen LogP contribution is -2.28. The topological polar surface area (TPSA) is 97.3 Å². The minimum absolute atomic E-state index is 0.0813. The molecule has 0 bridgehead atoms. The number of benzene rings is 3. The van der Waals surface area contributed by atoms with Crippen molar-refractivity contribution in [3.05, 3.63) is 97.3 Å². The van der Waals surface area contributed by atoms with Gasteiger partial charge in [0.25, 0.3) is 0 Å². The number of imidazole rings is 1. The summed E-state index contributed by atoms with van der Waals surface area (Å²) in [5.74, 6) is 1.19. The predicted molar refractivity (Wildman–Crippen MR) is 133 cm³/mol. The van der Waals surface area contributed by atoms with Crippen LogP contribution in [-0.4, -0.2) is 28.0 Å². The Hall–Kier alpha value is -4.59. The smallest absolute Gasteiger partial charge is 0.319 e. The van der Waals surface area contributed by atoms with Crippen LogP contribution in [0.4, 0.5) is 16.2 Å². The molecule has 0 spiro atoms. The molecule has 0 saturated heterocycles. The maximum absolute atomic E-state index is 12.8. The van der Waals surface area contributed by atoms with Crippen LogP contribution in [-0.2, 0) is 17.9 Å². The zero-order valence-electron chi connectivity index (χ0n) is 18.5. The maximum atomic E-state index is 12.8. The standard InChI is InChI=1S/C26H25N5O3/c1-2-16-27-26(33)29-20-14-12-19(13-15-20)28-25(32)17-31-23-11-7-6-10-22(23)30-24(31)18-34-21-8-4-3-5-9-21/h2-15H,1,16-18H2,(H,28,32)(H2,27,29,33). The molecule has 0 aliphatic rings. The highest BCUT2D eigenvalue weighted by atomic mass is 16.5. The fraction of sp³-hybridized carbons (Fsp3) is 0.115. The summed E-state index contributed by atoms with van der Waals surface area (Å²) >= 11 is 0. The number of rotatable bonds is 9. The third-order valence-corrected chi connectivity index (χ3v) is 4.98. The highest BCUT2D eigenvalue weighted by Gasteiger charge is 2.14. The number of carbonyl (C=O) groups excluding carboxylic acids is 2. The number of amides is 3. The second kappa shape index (κ2) is 10.8. The highest BCUT2D eigenvalue weighted by molar-refractivity contribution is 5.93. The van der Waals surface area contributed by atoms with Crippen LogP contribution in [0.5, 0.6) is 5.75 Å². The van der Waals surface area contributed by atoms with Crippen molar-refractivity contribution in [3.8, 4) is 5.75 Å². The molecule has 4 rings (SSSR count). The summed E-state index contributed by atoms with van der Waals surface area (Å²) in [6.07, 6.45) is 1.60. The first-order valence-corrected chi connectivity index (χ1v) is 10.8. The number of carbonyl (C=O) groups is 2. The van der Waals surface area contributed by atoms with Gasteiger partial charge in [-0.25, -0.2) is 9.78 Å². The molecule has 8 heteroatoms. The number of hydrogen-bond acceptors (Lipinski definition) is 4. The lowest BCUT2D eigenvalue weighted by atomic mass is 10.2. The van der Waals surface area contributed by atoms with E-state index in [1.54, 1.807) is 30.3 Å². The molecule has 8 nitrogen and oxygen atoms in total. The van der Waals surface area contributed by atoms with E-state index in [-0.39, 0.29) is 25.1 Å². The molecular formula is C26H25N5O3. The molecule has 0 fully saturated rings. The van der Waals surface area contributed by atoms with Gasteiger partial charge in [0, 0.05) is 17.9 Å². The normalized spacial score (nSPS) is 10.5. The molecule has 1 aromatic heterocycles. The van der Waals surface area contributed by atoms with E-state index in [9.17, 15) is 9.59 Å². The molecule has 0 aliphatic heterocycles. The van der Waals surface area contributed by atoms with Crippen molar-refractivity contribution in [2.45, 2.75) is 13.2 Å². The fourth-order valence-electron chi connectivity index (χ4n) is 3.40. The van der Waals surface area contributed by atoms with Crippen molar-refractivity contribution in [2.24, 2.45) is 0 Å². The van der Waals surface area contributed by atoms with Gasteiger partial charge in [-0.3, -0.25) is 4.79 Å². The Morgan fingerprint density at radius 1 is 0.912 bits per heavy atom. The molecule has 0 saturated carbocycles. The van der Waals surface area contributed by atoms with Crippen molar-refractivity contribution in [2.75, 3.05) is 17.2 Å². The molecule has 4 aromatic rings. The van der Waals surface area contributed by atoms with Gasteiger partial charge in [-0.1, -0.05) is 36.4 Å². The number of hydrogen-bond donors (Lipinski definition) is 3. The van der Waals surface area contributed by atoms with E-state index in [2.05, 4.69) is 27.5 Å². The lowest BCUT2D eigenvalue weighted by Gasteiger charge is -2.12. The maximum Gasteiger partial charge on any atom is 0.319 e. The van der Waals surface area contributed by atoms with Crippen LogP contribution in [0.15, 0.2) is 91.5 Å². The van der Waals surface area contributed by atoms with Gasteiger partial charge in [0.05, 0.1) is 11.0 Å². The molecule has 172 valence electrons. The van der Waals surface area contributed by atoms with Gasteiger partial charge in [0.1, 0.15) is 24.7 Å². The average molecular weight is 456 g/mol. The van der Waals surface area contributed by atoms with Crippen LogP contribution in [0.25, 0.3) is 11.0 Å². The van der Waals surface area contributed by atoms with Crippen molar-refractivity contribution < 1.29 is 14.3 Å². The number of ether oxygens (including phenoxy) is 1. The molecule has 0 radical (unpaired) electrons. The number of urea groups is 1.